The molecule has 1 heterocycles. The number of likely N-dealkylation sites (N-methyl/N-ethyl adjacent to an activating group) is 1. The molecule has 0 aliphatic heterocycles. The number of amides is 1. The lowest BCUT2D eigenvalue weighted by Gasteiger charge is -2.26. The lowest BCUT2D eigenvalue weighted by Crippen LogP contribution is -2.42. The summed E-state index contributed by atoms with van der Waals surface area (Å²) in [6.07, 6.45) is 1.73. The van der Waals surface area contributed by atoms with Crippen LogP contribution in [0.1, 0.15) is 36.8 Å². The van der Waals surface area contributed by atoms with Crippen LogP contribution in [0.25, 0.3) is 5.69 Å². The first-order valence-corrected chi connectivity index (χ1v) is 9.34. The van der Waals surface area contributed by atoms with Crippen molar-refractivity contribution in [2.75, 3.05) is 33.7 Å². The Labute approximate surface area is 166 Å². The summed E-state index contributed by atoms with van der Waals surface area (Å²) in [4.78, 5) is 28.8. The Kier molecular flexibility index (Phi) is 6.96. The highest BCUT2D eigenvalue weighted by Gasteiger charge is 2.23. The van der Waals surface area contributed by atoms with Gasteiger partial charge in [-0.1, -0.05) is 0 Å². The predicted octanol–water partition coefficient (Wildman–Crippen LogP) is 2.53. The van der Waals surface area contributed by atoms with Gasteiger partial charge in [-0.05, 0) is 72.1 Å². The van der Waals surface area contributed by atoms with Crippen molar-refractivity contribution < 1.29 is 14.3 Å². The summed E-state index contributed by atoms with van der Waals surface area (Å²) in [6, 6.07) is 9.14. The normalized spacial score (nSPS) is 11.5. The van der Waals surface area contributed by atoms with Crippen molar-refractivity contribution in [1.29, 1.82) is 0 Å². The molecule has 0 fully saturated rings. The third-order valence-electron chi connectivity index (χ3n) is 4.04. The minimum absolute atomic E-state index is 0.0794. The van der Waals surface area contributed by atoms with Crippen LogP contribution in [0.3, 0.4) is 0 Å². The van der Waals surface area contributed by atoms with Crippen molar-refractivity contribution in [1.82, 2.24) is 19.6 Å². The minimum Gasteiger partial charge on any atom is -0.459 e. The number of aryl methyl sites for hydroxylation is 1. The van der Waals surface area contributed by atoms with E-state index in [0.29, 0.717) is 18.7 Å². The van der Waals surface area contributed by atoms with Crippen LogP contribution in [0, 0.1) is 6.92 Å². The largest absolute Gasteiger partial charge is 0.459 e. The number of carbonyl (C=O) groups excluding carboxylic acids is 2. The second-order valence-corrected chi connectivity index (χ2v) is 8.05. The van der Waals surface area contributed by atoms with Gasteiger partial charge in [0, 0.05) is 30.5 Å². The average Bonchev–Trinajstić information content (AvgIpc) is 3.02. The molecule has 0 saturated heterocycles. The Balaban J connectivity index is 2.16. The standard InChI is InChI=1S/C21H30N4O3/c1-16-11-12-22-25(16)18-9-7-17(8-10-18)20(27)24(14-13-23(5)6)15-19(26)28-21(2,3)4/h7-12H,13-15H2,1-6H3. The SMILES string of the molecule is Cc1ccnn1-c1ccc(C(=O)N(CCN(C)C)CC(=O)OC(C)(C)C)cc1. The molecule has 7 nitrogen and oxygen atoms in total. The molecular weight excluding hydrogens is 356 g/mol. The molecule has 0 bridgehead atoms. The van der Waals surface area contributed by atoms with Crippen molar-refractivity contribution in [3.8, 4) is 5.69 Å². The second kappa shape index (κ2) is 9.01. The van der Waals surface area contributed by atoms with Gasteiger partial charge < -0.3 is 14.5 Å². The molecule has 0 spiro atoms. The van der Waals surface area contributed by atoms with Gasteiger partial charge in [0.05, 0.1) is 5.69 Å². The average molecular weight is 386 g/mol. The van der Waals surface area contributed by atoms with Gasteiger partial charge in [-0.15, -0.1) is 0 Å². The number of esters is 1. The van der Waals surface area contributed by atoms with Crippen molar-refractivity contribution >= 4 is 11.9 Å². The fourth-order valence-corrected chi connectivity index (χ4v) is 2.67. The van der Waals surface area contributed by atoms with E-state index >= 15 is 0 Å². The molecule has 0 unspecified atom stereocenters. The summed E-state index contributed by atoms with van der Waals surface area (Å²) in [7, 11) is 3.86. The molecule has 2 rings (SSSR count). The van der Waals surface area contributed by atoms with Gasteiger partial charge in [-0.3, -0.25) is 9.59 Å². The lowest BCUT2D eigenvalue weighted by molar-refractivity contribution is -0.155. The van der Waals surface area contributed by atoms with E-state index < -0.39 is 11.6 Å². The van der Waals surface area contributed by atoms with E-state index in [1.54, 1.807) is 23.0 Å². The number of hydrogen-bond acceptors (Lipinski definition) is 5. The fraction of sp³-hybridized carbons (Fsp3) is 0.476. The van der Waals surface area contributed by atoms with E-state index in [1.807, 2.05) is 64.9 Å². The number of nitrogens with zero attached hydrogens (tertiary/aromatic N) is 4. The van der Waals surface area contributed by atoms with Gasteiger partial charge in [-0.2, -0.15) is 5.10 Å². The highest BCUT2D eigenvalue weighted by molar-refractivity contribution is 5.96. The van der Waals surface area contributed by atoms with E-state index in [4.69, 9.17) is 4.74 Å². The molecule has 0 N–H and O–H groups in total. The van der Waals surface area contributed by atoms with Crippen LogP contribution in [0.4, 0.5) is 0 Å². The smallest absolute Gasteiger partial charge is 0.326 e. The molecule has 0 saturated carbocycles. The van der Waals surface area contributed by atoms with Crippen LogP contribution in [0.15, 0.2) is 36.5 Å². The summed E-state index contributed by atoms with van der Waals surface area (Å²) in [6.45, 7) is 8.41. The van der Waals surface area contributed by atoms with Gasteiger partial charge in [0.2, 0.25) is 0 Å². The Morgan fingerprint density at radius 2 is 1.71 bits per heavy atom. The Bertz CT molecular complexity index is 804. The second-order valence-electron chi connectivity index (χ2n) is 8.05. The molecule has 0 atom stereocenters. The molecule has 1 amide bonds. The minimum atomic E-state index is -0.587. The predicted molar refractivity (Wildman–Crippen MR) is 109 cm³/mol. The Morgan fingerprint density at radius 1 is 1.07 bits per heavy atom. The molecular formula is C21H30N4O3. The van der Waals surface area contributed by atoms with E-state index in [2.05, 4.69) is 5.10 Å². The van der Waals surface area contributed by atoms with Crippen molar-refractivity contribution in [2.45, 2.75) is 33.3 Å². The quantitative estimate of drug-likeness (QED) is 0.684. The van der Waals surface area contributed by atoms with Crippen LogP contribution >= 0.6 is 0 Å². The van der Waals surface area contributed by atoms with E-state index in [9.17, 15) is 9.59 Å². The third kappa shape index (κ3) is 6.20. The maximum Gasteiger partial charge on any atom is 0.326 e. The van der Waals surface area contributed by atoms with E-state index in [-0.39, 0.29) is 12.5 Å². The molecule has 28 heavy (non-hydrogen) atoms. The van der Waals surface area contributed by atoms with Crippen LogP contribution in [0.2, 0.25) is 0 Å². The van der Waals surface area contributed by atoms with Gasteiger partial charge >= 0.3 is 5.97 Å². The van der Waals surface area contributed by atoms with Crippen molar-refractivity contribution in [2.24, 2.45) is 0 Å². The summed E-state index contributed by atoms with van der Waals surface area (Å²) in [5.41, 5.74) is 1.83. The zero-order valence-electron chi connectivity index (χ0n) is 17.6. The van der Waals surface area contributed by atoms with Crippen LogP contribution in [0.5, 0.6) is 0 Å². The summed E-state index contributed by atoms with van der Waals surface area (Å²) >= 11 is 0. The van der Waals surface area contributed by atoms with Gasteiger partial charge in [0.1, 0.15) is 12.1 Å². The number of rotatable bonds is 7. The number of carbonyl (C=O) groups is 2. The lowest BCUT2D eigenvalue weighted by atomic mass is 10.1. The number of benzene rings is 1. The topological polar surface area (TPSA) is 67.7 Å². The molecule has 7 heteroatoms. The fourth-order valence-electron chi connectivity index (χ4n) is 2.67. The molecule has 0 aliphatic rings. The molecule has 0 radical (unpaired) electrons. The van der Waals surface area contributed by atoms with Gasteiger partial charge in [0.15, 0.2) is 0 Å². The van der Waals surface area contributed by atoms with E-state index in [0.717, 1.165) is 11.4 Å². The maximum absolute atomic E-state index is 13.0. The van der Waals surface area contributed by atoms with Crippen LogP contribution in [-0.2, 0) is 9.53 Å². The monoisotopic (exact) mass is 386 g/mol. The third-order valence-corrected chi connectivity index (χ3v) is 4.04. The summed E-state index contributed by atoms with van der Waals surface area (Å²) < 4.78 is 7.19. The maximum atomic E-state index is 13.0. The number of ether oxygens (including phenoxy) is 1. The Hall–Kier alpha value is -2.67. The highest BCUT2D eigenvalue weighted by atomic mass is 16.6. The van der Waals surface area contributed by atoms with Gasteiger partial charge in [-0.25, -0.2) is 4.68 Å². The first kappa shape index (κ1) is 21.6. The zero-order valence-corrected chi connectivity index (χ0v) is 17.6. The Morgan fingerprint density at radius 3 is 2.21 bits per heavy atom. The first-order valence-electron chi connectivity index (χ1n) is 9.34. The van der Waals surface area contributed by atoms with Crippen molar-refractivity contribution in [3.05, 3.63) is 47.8 Å². The van der Waals surface area contributed by atoms with Crippen LogP contribution < -0.4 is 0 Å². The molecule has 1 aromatic carbocycles. The van der Waals surface area contributed by atoms with Gasteiger partial charge in [0.25, 0.3) is 5.91 Å². The molecule has 152 valence electrons. The van der Waals surface area contributed by atoms with Crippen molar-refractivity contribution in [3.63, 3.8) is 0 Å². The molecule has 1 aromatic heterocycles. The number of aromatic nitrogens is 2. The van der Waals surface area contributed by atoms with Crippen LogP contribution in [-0.4, -0.2) is 70.8 Å². The zero-order chi connectivity index (χ0) is 20.9. The first-order chi connectivity index (χ1) is 13.1. The molecule has 2 aromatic rings. The highest BCUT2D eigenvalue weighted by Crippen LogP contribution is 2.14. The summed E-state index contributed by atoms with van der Waals surface area (Å²) in [5, 5.41) is 4.27. The number of hydrogen-bond donors (Lipinski definition) is 0. The molecule has 0 aliphatic carbocycles. The van der Waals surface area contributed by atoms with E-state index in [1.165, 1.54) is 4.90 Å². The summed E-state index contributed by atoms with van der Waals surface area (Å²) in [5.74, 6) is -0.611.